The van der Waals surface area contributed by atoms with Gasteiger partial charge in [0.2, 0.25) is 0 Å². The zero-order valence-electron chi connectivity index (χ0n) is 10.6. The van der Waals surface area contributed by atoms with Gasteiger partial charge in [0.15, 0.2) is 5.78 Å². The van der Waals surface area contributed by atoms with E-state index < -0.39 is 17.4 Å². The summed E-state index contributed by atoms with van der Waals surface area (Å²) in [4.78, 5) is 16.2. The van der Waals surface area contributed by atoms with E-state index in [2.05, 4.69) is 26.0 Å². The van der Waals surface area contributed by atoms with E-state index in [1.54, 1.807) is 6.20 Å². The van der Waals surface area contributed by atoms with E-state index >= 15 is 0 Å². The number of halogens is 3. The SMILES string of the molecule is O=C(Cc1c(F)ccc(Br)c1F)c1cnn2ccncc12. The number of carbonyl (C=O) groups is 1. The molecule has 0 saturated heterocycles. The molecule has 0 aliphatic heterocycles. The van der Waals surface area contributed by atoms with E-state index in [-0.39, 0.29) is 22.0 Å². The summed E-state index contributed by atoms with van der Waals surface area (Å²) in [6.07, 6.45) is 5.59. The Labute approximate surface area is 126 Å². The van der Waals surface area contributed by atoms with E-state index in [9.17, 15) is 13.6 Å². The maximum Gasteiger partial charge on any atom is 0.171 e. The number of carbonyl (C=O) groups excluding carboxylic acids is 1. The molecule has 3 rings (SSSR count). The highest BCUT2D eigenvalue weighted by Gasteiger charge is 2.19. The van der Waals surface area contributed by atoms with Crippen molar-refractivity contribution in [3.8, 4) is 0 Å². The Morgan fingerprint density at radius 2 is 2.10 bits per heavy atom. The normalized spacial score (nSPS) is 11.0. The minimum absolute atomic E-state index is 0.119. The molecule has 0 saturated carbocycles. The first-order valence-corrected chi connectivity index (χ1v) is 6.80. The van der Waals surface area contributed by atoms with Crippen LogP contribution in [-0.2, 0) is 6.42 Å². The van der Waals surface area contributed by atoms with E-state index in [0.717, 1.165) is 6.07 Å². The molecule has 1 aromatic carbocycles. The topological polar surface area (TPSA) is 47.3 Å². The van der Waals surface area contributed by atoms with Crippen LogP contribution in [0.4, 0.5) is 8.78 Å². The number of nitrogens with zero attached hydrogens (tertiary/aromatic N) is 3. The minimum atomic E-state index is -0.766. The van der Waals surface area contributed by atoms with Crippen molar-refractivity contribution in [3.05, 3.63) is 64.2 Å². The molecule has 0 aliphatic rings. The molecule has 0 amide bonds. The third-order valence-corrected chi connectivity index (χ3v) is 3.71. The largest absolute Gasteiger partial charge is 0.294 e. The fourth-order valence-electron chi connectivity index (χ4n) is 2.04. The van der Waals surface area contributed by atoms with Gasteiger partial charge >= 0.3 is 0 Å². The molecule has 0 bridgehead atoms. The van der Waals surface area contributed by atoms with E-state index in [0.29, 0.717) is 5.52 Å². The van der Waals surface area contributed by atoms with Crippen LogP contribution in [0.3, 0.4) is 0 Å². The van der Waals surface area contributed by atoms with Crippen LogP contribution in [0, 0.1) is 11.6 Å². The molecule has 0 radical (unpaired) electrons. The summed E-state index contributed by atoms with van der Waals surface area (Å²) < 4.78 is 29.2. The third-order valence-electron chi connectivity index (χ3n) is 3.10. The molecule has 0 fully saturated rings. The summed E-state index contributed by atoms with van der Waals surface area (Å²) in [7, 11) is 0. The van der Waals surface area contributed by atoms with Gasteiger partial charge in [-0.25, -0.2) is 13.3 Å². The summed E-state index contributed by atoms with van der Waals surface area (Å²) in [5.74, 6) is -1.94. The Kier molecular flexibility index (Phi) is 3.50. The van der Waals surface area contributed by atoms with Crippen LogP contribution in [-0.4, -0.2) is 20.4 Å². The molecule has 21 heavy (non-hydrogen) atoms. The van der Waals surface area contributed by atoms with Crippen molar-refractivity contribution in [1.29, 1.82) is 0 Å². The van der Waals surface area contributed by atoms with Crippen LogP contribution in [0.25, 0.3) is 5.52 Å². The molecule has 0 atom stereocenters. The molecule has 2 heterocycles. The molecule has 4 nitrogen and oxygen atoms in total. The van der Waals surface area contributed by atoms with Crippen LogP contribution < -0.4 is 0 Å². The lowest BCUT2D eigenvalue weighted by molar-refractivity contribution is 0.0992. The molecule has 7 heteroatoms. The van der Waals surface area contributed by atoms with Crippen molar-refractivity contribution in [3.63, 3.8) is 0 Å². The lowest BCUT2D eigenvalue weighted by Gasteiger charge is -2.05. The summed E-state index contributed by atoms with van der Waals surface area (Å²) in [6.45, 7) is 0. The van der Waals surface area contributed by atoms with Gasteiger partial charge in [-0.05, 0) is 28.1 Å². The predicted octanol–water partition coefficient (Wildman–Crippen LogP) is 3.20. The van der Waals surface area contributed by atoms with Gasteiger partial charge in [-0.15, -0.1) is 0 Å². The van der Waals surface area contributed by atoms with Crippen molar-refractivity contribution in [2.45, 2.75) is 6.42 Å². The smallest absolute Gasteiger partial charge is 0.171 e. The number of hydrogen-bond donors (Lipinski definition) is 0. The first-order valence-electron chi connectivity index (χ1n) is 6.01. The highest BCUT2D eigenvalue weighted by Crippen LogP contribution is 2.23. The second-order valence-corrected chi connectivity index (χ2v) is 5.24. The molecule has 3 aromatic rings. The summed E-state index contributed by atoms with van der Waals surface area (Å²) >= 11 is 2.98. The van der Waals surface area contributed by atoms with Crippen LogP contribution in [0.15, 0.2) is 41.4 Å². The van der Waals surface area contributed by atoms with Gasteiger partial charge in [-0.2, -0.15) is 5.10 Å². The van der Waals surface area contributed by atoms with Crippen LogP contribution in [0.2, 0.25) is 0 Å². The van der Waals surface area contributed by atoms with E-state index in [1.807, 2.05) is 0 Å². The zero-order valence-corrected chi connectivity index (χ0v) is 12.1. The number of ketones is 1. The average molecular weight is 352 g/mol. The third kappa shape index (κ3) is 2.44. The highest BCUT2D eigenvalue weighted by atomic mass is 79.9. The number of Topliss-reactive ketones (excluding diaryl/α,β-unsaturated/α-hetero) is 1. The Bertz CT molecular complexity index is 847. The number of benzene rings is 1. The van der Waals surface area contributed by atoms with Crippen LogP contribution in [0.1, 0.15) is 15.9 Å². The van der Waals surface area contributed by atoms with Gasteiger partial charge in [0, 0.05) is 24.4 Å². The maximum absolute atomic E-state index is 13.9. The molecular weight excluding hydrogens is 344 g/mol. The van der Waals surface area contributed by atoms with Crippen molar-refractivity contribution in [2.24, 2.45) is 0 Å². The monoisotopic (exact) mass is 351 g/mol. The van der Waals surface area contributed by atoms with Gasteiger partial charge in [-0.3, -0.25) is 9.78 Å². The quantitative estimate of drug-likeness (QED) is 0.537. The van der Waals surface area contributed by atoms with Crippen molar-refractivity contribution in [1.82, 2.24) is 14.6 Å². The average Bonchev–Trinajstić information content (AvgIpc) is 2.91. The summed E-state index contributed by atoms with van der Waals surface area (Å²) in [6, 6.07) is 2.38. The Hall–Kier alpha value is -2.15. The summed E-state index contributed by atoms with van der Waals surface area (Å²) in [5, 5.41) is 4.00. The zero-order chi connectivity index (χ0) is 15.0. The summed E-state index contributed by atoms with van der Waals surface area (Å²) in [5.41, 5.74) is 0.512. The van der Waals surface area contributed by atoms with Gasteiger partial charge < -0.3 is 0 Å². The van der Waals surface area contributed by atoms with Gasteiger partial charge in [0.05, 0.1) is 27.9 Å². The minimum Gasteiger partial charge on any atom is -0.294 e. The predicted molar refractivity (Wildman–Crippen MR) is 75.1 cm³/mol. The Morgan fingerprint density at radius 1 is 1.29 bits per heavy atom. The Morgan fingerprint density at radius 3 is 2.90 bits per heavy atom. The molecule has 0 spiro atoms. The van der Waals surface area contributed by atoms with Crippen LogP contribution in [0.5, 0.6) is 0 Å². The Balaban J connectivity index is 1.99. The first-order chi connectivity index (χ1) is 10.1. The van der Waals surface area contributed by atoms with Crippen molar-refractivity contribution >= 4 is 27.2 Å². The van der Waals surface area contributed by atoms with Crippen molar-refractivity contribution in [2.75, 3.05) is 0 Å². The highest BCUT2D eigenvalue weighted by molar-refractivity contribution is 9.10. The number of rotatable bonds is 3. The maximum atomic E-state index is 13.9. The lowest BCUT2D eigenvalue weighted by atomic mass is 10.0. The van der Waals surface area contributed by atoms with Gasteiger partial charge in [-0.1, -0.05) is 0 Å². The molecular formula is C14H8BrF2N3O. The number of hydrogen-bond acceptors (Lipinski definition) is 3. The fraction of sp³-hybridized carbons (Fsp3) is 0.0714. The molecule has 0 aliphatic carbocycles. The van der Waals surface area contributed by atoms with Gasteiger partial charge in [0.25, 0.3) is 0 Å². The number of fused-ring (bicyclic) bond motifs is 1. The molecule has 0 N–H and O–H groups in total. The standard InChI is InChI=1S/C14H8BrF2N3O/c15-10-1-2-11(16)8(14(10)17)5-13(21)9-6-19-20-4-3-18-7-12(9)20/h1-4,6-7H,5H2. The molecule has 2 aromatic heterocycles. The first kappa shape index (κ1) is 13.8. The van der Waals surface area contributed by atoms with Crippen molar-refractivity contribution < 1.29 is 13.6 Å². The second kappa shape index (κ2) is 5.33. The molecule has 106 valence electrons. The van der Waals surface area contributed by atoms with E-state index in [1.165, 1.54) is 29.2 Å². The second-order valence-electron chi connectivity index (χ2n) is 4.39. The van der Waals surface area contributed by atoms with Crippen LogP contribution >= 0.6 is 15.9 Å². The molecule has 0 unspecified atom stereocenters. The van der Waals surface area contributed by atoms with Gasteiger partial charge in [0.1, 0.15) is 11.6 Å². The lowest BCUT2D eigenvalue weighted by Crippen LogP contribution is -2.07. The van der Waals surface area contributed by atoms with E-state index in [4.69, 9.17) is 0 Å². The number of aromatic nitrogens is 3. The fourth-order valence-corrected chi connectivity index (χ4v) is 2.41.